The zero-order chi connectivity index (χ0) is 22.9. The van der Waals surface area contributed by atoms with E-state index in [1.165, 1.54) is 24.3 Å². The standard InChI is InChI=1S/C23H23F2N3O4/c1-23(17-8-10-18(11-9-17)32-21(24)25)20(30)28(22(31)26-23)14-15-4-6-16(7-5-15)19(29)27-12-2-3-13-27/h4-11,21H,2-3,12-14H2,1H3,(H,26,31). The van der Waals surface area contributed by atoms with Crippen LogP contribution in [0.25, 0.3) is 0 Å². The fourth-order valence-electron chi connectivity index (χ4n) is 4.04. The fourth-order valence-corrected chi connectivity index (χ4v) is 4.04. The number of nitrogens with one attached hydrogen (secondary N) is 1. The van der Waals surface area contributed by atoms with E-state index in [9.17, 15) is 23.2 Å². The lowest BCUT2D eigenvalue weighted by atomic mass is 9.92. The topological polar surface area (TPSA) is 79.0 Å². The lowest BCUT2D eigenvalue weighted by Gasteiger charge is -2.22. The predicted octanol–water partition coefficient (Wildman–Crippen LogP) is 3.49. The maximum absolute atomic E-state index is 13.1. The van der Waals surface area contributed by atoms with Crippen molar-refractivity contribution < 1.29 is 27.9 Å². The van der Waals surface area contributed by atoms with Gasteiger partial charge in [-0.15, -0.1) is 0 Å². The van der Waals surface area contributed by atoms with Crippen LogP contribution in [0.4, 0.5) is 13.6 Å². The maximum Gasteiger partial charge on any atom is 0.387 e. The first-order chi connectivity index (χ1) is 15.3. The Bertz CT molecular complexity index is 1020. The summed E-state index contributed by atoms with van der Waals surface area (Å²) >= 11 is 0. The number of urea groups is 1. The van der Waals surface area contributed by atoms with Crippen LogP contribution in [0, 0.1) is 0 Å². The zero-order valence-corrected chi connectivity index (χ0v) is 17.5. The van der Waals surface area contributed by atoms with Gasteiger partial charge in [0.15, 0.2) is 0 Å². The lowest BCUT2D eigenvalue weighted by molar-refractivity contribution is -0.131. The van der Waals surface area contributed by atoms with E-state index in [4.69, 9.17) is 0 Å². The summed E-state index contributed by atoms with van der Waals surface area (Å²) in [5, 5.41) is 2.68. The SMILES string of the molecule is CC1(c2ccc(OC(F)F)cc2)NC(=O)N(Cc2ccc(C(=O)N3CCCC3)cc2)C1=O. The minimum Gasteiger partial charge on any atom is -0.435 e. The normalized spacial score (nSPS) is 20.8. The molecule has 0 bridgehead atoms. The first-order valence-corrected chi connectivity index (χ1v) is 10.4. The summed E-state index contributed by atoms with van der Waals surface area (Å²) in [6.45, 7) is 0.184. The number of carbonyl (C=O) groups excluding carboxylic acids is 3. The highest BCUT2D eigenvalue weighted by Crippen LogP contribution is 2.31. The molecule has 0 aromatic heterocycles. The summed E-state index contributed by atoms with van der Waals surface area (Å²) in [5.41, 5.74) is 0.401. The van der Waals surface area contributed by atoms with E-state index in [0.717, 1.165) is 30.8 Å². The number of imide groups is 1. The van der Waals surface area contributed by atoms with Crippen molar-refractivity contribution in [3.8, 4) is 5.75 Å². The van der Waals surface area contributed by atoms with Crippen LogP contribution >= 0.6 is 0 Å². The van der Waals surface area contributed by atoms with Crippen LogP contribution in [-0.4, -0.2) is 47.3 Å². The van der Waals surface area contributed by atoms with Gasteiger partial charge in [0.1, 0.15) is 11.3 Å². The van der Waals surface area contributed by atoms with Crippen molar-refractivity contribution in [3.63, 3.8) is 0 Å². The van der Waals surface area contributed by atoms with Gasteiger partial charge < -0.3 is 15.0 Å². The number of rotatable bonds is 6. The third-order valence-electron chi connectivity index (χ3n) is 5.87. The highest BCUT2D eigenvalue weighted by molar-refractivity contribution is 6.07. The van der Waals surface area contributed by atoms with Crippen LogP contribution in [0.2, 0.25) is 0 Å². The Kier molecular flexibility index (Phi) is 5.82. The molecule has 2 aliphatic rings. The van der Waals surface area contributed by atoms with Crippen molar-refractivity contribution in [2.75, 3.05) is 13.1 Å². The second-order valence-electron chi connectivity index (χ2n) is 8.05. The summed E-state index contributed by atoms with van der Waals surface area (Å²) in [6.07, 6.45) is 2.02. The van der Waals surface area contributed by atoms with Crippen LogP contribution in [0.3, 0.4) is 0 Å². The number of ether oxygens (including phenoxy) is 1. The summed E-state index contributed by atoms with van der Waals surface area (Å²) in [4.78, 5) is 41.0. The Morgan fingerprint density at radius 2 is 1.69 bits per heavy atom. The van der Waals surface area contributed by atoms with Gasteiger partial charge in [-0.2, -0.15) is 8.78 Å². The van der Waals surface area contributed by atoms with Crippen molar-refractivity contribution in [2.45, 2.75) is 38.5 Å². The summed E-state index contributed by atoms with van der Waals surface area (Å²) in [6, 6.07) is 11.9. The Balaban J connectivity index is 1.46. The van der Waals surface area contributed by atoms with Crippen LogP contribution in [0.1, 0.15) is 41.3 Å². The molecule has 7 nitrogen and oxygen atoms in total. The molecule has 2 heterocycles. The molecule has 1 N–H and O–H groups in total. The maximum atomic E-state index is 13.1. The minimum absolute atomic E-state index is 0.0177. The molecule has 4 rings (SSSR count). The number of hydrogen-bond donors (Lipinski definition) is 1. The number of hydrogen-bond acceptors (Lipinski definition) is 4. The zero-order valence-electron chi connectivity index (χ0n) is 17.5. The van der Waals surface area contributed by atoms with Gasteiger partial charge in [0, 0.05) is 18.7 Å². The summed E-state index contributed by atoms with van der Waals surface area (Å²) in [5.74, 6) is -0.511. The van der Waals surface area contributed by atoms with Crippen molar-refractivity contribution in [2.24, 2.45) is 0 Å². The van der Waals surface area contributed by atoms with Crippen LogP contribution in [-0.2, 0) is 16.9 Å². The smallest absolute Gasteiger partial charge is 0.387 e. The Morgan fingerprint density at radius 1 is 1.06 bits per heavy atom. The predicted molar refractivity (Wildman–Crippen MR) is 111 cm³/mol. The van der Waals surface area contributed by atoms with Crippen LogP contribution in [0.5, 0.6) is 5.75 Å². The van der Waals surface area contributed by atoms with Gasteiger partial charge in [-0.3, -0.25) is 14.5 Å². The monoisotopic (exact) mass is 443 g/mol. The molecule has 2 saturated heterocycles. The molecule has 0 saturated carbocycles. The molecule has 4 amide bonds. The third kappa shape index (κ3) is 4.15. The lowest BCUT2D eigenvalue weighted by Crippen LogP contribution is -2.40. The summed E-state index contributed by atoms with van der Waals surface area (Å²) < 4.78 is 29.0. The number of alkyl halides is 2. The van der Waals surface area contributed by atoms with E-state index in [2.05, 4.69) is 10.1 Å². The van der Waals surface area contributed by atoms with E-state index >= 15 is 0 Å². The highest BCUT2D eigenvalue weighted by atomic mass is 19.3. The third-order valence-corrected chi connectivity index (χ3v) is 5.87. The minimum atomic E-state index is -2.95. The average molecular weight is 443 g/mol. The number of carbonyl (C=O) groups is 3. The number of likely N-dealkylation sites (tertiary alicyclic amines) is 1. The Morgan fingerprint density at radius 3 is 2.28 bits per heavy atom. The second-order valence-corrected chi connectivity index (χ2v) is 8.05. The summed E-state index contributed by atoms with van der Waals surface area (Å²) in [7, 11) is 0. The van der Waals surface area contributed by atoms with E-state index in [1.807, 2.05) is 4.90 Å². The van der Waals surface area contributed by atoms with Gasteiger partial charge in [0.25, 0.3) is 11.8 Å². The van der Waals surface area contributed by atoms with Gasteiger partial charge in [-0.1, -0.05) is 24.3 Å². The first-order valence-electron chi connectivity index (χ1n) is 10.4. The van der Waals surface area contributed by atoms with Gasteiger partial charge in [0.05, 0.1) is 6.54 Å². The molecule has 2 aromatic rings. The number of halogens is 2. The molecule has 168 valence electrons. The number of nitrogens with zero attached hydrogens (tertiary/aromatic N) is 2. The van der Waals surface area contributed by atoms with Gasteiger partial charge in [-0.05, 0) is 55.2 Å². The van der Waals surface area contributed by atoms with Crippen LogP contribution < -0.4 is 10.1 Å². The molecule has 2 fully saturated rings. The van der Waals surface area contributed by atoms with Gasteiger partial charge >= 0.3 is 12.6 Å². The van der Waals surface area contributed by atoms with Crippen molar-refractivity contribution in [3.05, 3.63) is 65.2 Å². The molecule has 2 aliphatic heterocycles. The fraction of sp³-hybridized carbons (Fsp3) is 0.348. The molecule has 0 aliphatic carbocycles. The molecular weight excluding hydrogens is 420 g/mol. The quantitative estimate of drug-likeness (QED) is 0.694. The van der Waals surface area contributed by atoms with E-state index in [1.54, 1.807) is 31.2 Å². The molecule has 9 heteroatoms. The van der Waals surface area contributed by atoms with E-state index in [0.29, 0.717) is 16.7 Å². The number of amides is 4. The Labute approximate surface area is 183 Å². The Hall–Kier alpha value is -3.49. The molecule has 32 heavy (non-hydrogen) atoms. The largest absolute Gasteiger partial charge is 0.435 e. The molecule has 1 unspecified atom stereocenters. The molecule has 0 radical (unpaired) electrons. The molecule has 1 atom stereocenters. The average Bonchev–Trinajstić information content (AvgIpc) is 3.38. The highest BCUT2D eigenvalue weighted by Gasteiger charge is 2.48. The molecule has 2 aromatic carbocycles. The van der Waals surface area contributed by atoms with Gasteiger partial charge in [0.2, 0.25) is 0 Å². The van der Waals surface area contributed by atoms with E-state index in [-0.39, 0.29) is 18.2 Å². The van der Waals surface area contributed by atoms with Crippen molar-refractivity contribution in [1.82, 2.24) is 15.1 Å². The first kappa shape index (κ1) is 21.7. The van der Waals surface area contributed by atoms with Crippen molar-refractivity contribution in [1.29, 1.82) is 0 Å². The number of benzene rings is 2. The van der Waals surface area contributed by atoms with Crippen molar-refractivity contribution >= 4 is 17.8 Å². The van der Waals surface area contributed by atoms with E-state index < -0.39 is 24.1 Å². The molecular formula is C23H23F2N3O4. The second kappa shape index (κ2) is 8.57. The molecule has 0 spiro atoms. The van der Waals surface area contributed by atoms with Gasteiger partial charge in [-0.25, -0.2) is 4.79 Å². The van der Waals surface area contributed by atoms with Crippen LogP contribution in [0.15, 0.2) is 48.5 Å².